The molecule has 2 atom stereocenters. The van der Waals surface area contributed by atoms with Crippen LogP contribution in [0.3, 0.4) is 0 Å². The molecule has 1 aliphatic heterocycles. The van der Waals surface area contributed by atoms with Crippen LogP contribution >= 0.6 is 0 Å². The first-order valence-corrected chi connectivity index (χ1v) is 7.76. The molecule has 0 aromatic carbocycles. The molecule has 0 N–H and O–H groups in total. The van der Waals surface area contributed by atoms with E-state index < -0.39 is 6.17 Å². The van der Waals surface area contributed by atoms with Crippen LogP contribution in [0, 0.1) is 20.8 Å². The number of likely N-dealkylation sites (N-methyl/N-ethyl adjacent to an activating group) is 1. The first-order chi connectivity index (χ1) is 11.4. The maximum atomic E-state index is 13.9. The van der Waals surface area contributed by atoms with Crippen LogP contribution in [0.1, 0.15) is 34.1 Å². The lowest BCUT2D eigenvalue weighted by atomic mass is 10.1. The molecular formula is C15H20FN5O3. The number of alkyl halides is 1. The minimum absolute atomic E-state index is 0.180. The number of hydrogen-bond acceptors (Lipinski definition) is 7. The van der Waals surface area contributed by atoms with Crippen molar-refractivity contribution >= 4 is 11.9 Å². The maximum Gasteiger partial charge on any atom is 0.318 e. The molecule has 0 spiro atoms. The summed E-state index contributed by atoms with van der Waals surface area (Å²) < 4.78 is 24.4. The smallest absolute Gasteiger partial charge is 0.318 e. The molecule has 1 amide bonds. The topological polar surface area (TPSA) is 88.5 Å². The van der Waals surface area contributed by atoms with Gasteiger partial charge in [0.05, 0.1) is 18.3 Å². The van der Waals surface area contributed by atoms with Gasteiger partial charge in [-0.2, -0.15) is 0 Å². The zero-order valence-corrected chi connectivity index (χ0v) is 14.1. The van der Waals surface area contributed by atoms with Gasteiger partial charge < -0.3 is 18.7 Å². The Labute approximate surface area is 138 Å². The van der Waals surface area contributed by atoms with Crippen molar-refractivity contribution in [1.29, 1.82) is 0 Å². The van der Waals surface area contributed by atoms with E-state index in [-0.39, 0.29) is 24.5 Å². The molecule has 2 aromatic heterocycles. The summed E-state index contributed by atoms with van der Waals surface area (Å²) in [5, 5.41) is 11.5. The van der Waals surface area contributed by atoms with Gasteiger partial charge in [-0.15, -0.1) is 5.10 Å². The first kappa shape index (κ1) is 16.4. The number of rotatable bonds is 4. The number of aromatic nitrogens is 3. The van der Waals surface area contributed by atoms with Crippen LogP contribution in [0.25, 0.3) is 0 Å². The molecule has 8 nitrogen and oxygen atoms in total. The van der Waals surface area contributed by atoms with E-state index in [2.05, 4.69) is 15.4 Å². The number of carbonyl (C=O) groups is 1. The van der Waals surface area contributed by atoms with Gasteiger partial charge in [-0.05, 0) is 13.8 Å². The van der Waals surface area contributed by atoms with Crippen LogP contribution in [-0.2, 0) is 0 Å². The van der Waals surface area contributed by atoms with Crippen molar-refractivity contribution in [2.75, 3.05) is 25.0 Å². The minimum Gasteiger partial charge on any atom is -0.408 e. The van der Waals surface area contributed by atoms with E-state index in [0.717, 1.165) is 0 Å². The van der Waals surface area contributed by atoms with Gasteiger partial charge >= 0.3 is 6.01 Å². The molecule has 0 unspecified atom stereocenters. The van der Waals surface area contributed by atoms with Crippen molar-refractivity contribution < 1.29 is 18.1 Å². The molecule has 1 aliphatic rings. The Hall–Kier alpha value is -2.45. The van der Waals surface area contributed by atoms with Gasteiger partial charge in [0.25, 0.3) is 5.91 Å². The second kappa shape index (κ2) is 6.21. The standard InChI is InChI=1S/C15H20FN5O3/c1-8-13(9(2)24-19-8)14(22)20(4)7-12-5-11(16)6-21(12)15-18-17-10(3)23-15/h11-12H,5-7H2,1-4H3/t11-,12-/m0/s1. The molecule has 2 aromatic rings. The lowest BCUT2D eigenvalue weighted by molar-refractivity contribution is 0.0783. The molecule has 3 heterocycles. The van der Waals surface area contributed by atoms with Crippen molar-refractivity contribution in [1.82, 2.24) is 20.3 Å². The summed E-state index contributed by atoms with van der Waals surface area (Å²) in [7, 11) is 1.68. The van der Waals surface area contributed by atoms with Crippen molar-refractivity contribution in [3.8, 4) is 0 Å². The first-order valence-electron chi connectivity index (χ1n) is 7.76. The van der Waals surface area contributed by atoms with Crippen LogP contribution < -0.4 is 4.90 Å². The van der Waals surface area contributed by atoms with Crippen LogP contribution in [0.2, 0.25) is 0 Å². The van der Waals surface area contributed by atoms with Crippen molar-refractivity contribution in [3.05, 3.63) is 22.9 Å². The van der Waals surface area contributed by atoms with Gasteiger partial charge in [0.1, 0.15) is 17.5 Å². The second-order valence-electron chi connectivity index (χ2n) is 6.13. The number of aryl methyl sites for hydroxylation is 3. The molecule has 130 valence electrons. The SMILES string of the molecule is Cc1nnc(N2C[C@@H](F)C[C@H]2CN(C)C(=O)c2c(C)noc2C)o1. The summed E-state index contributed by atoms with van der Waals surface area (Å²) in [6.07, 6.45) is -0.689. The van der Waals surface area contributed by atoms with E-state index >= 15 is 0 Å². The summed E-state index contributed by atoms with van der Waals surface area (Å²) in [5.41, 5.74) is 0.996. The number of nitrogens with zero attached hydrogens (tertiary/aromatic N) is 5. The van der Waals surface area contributed by atoms with Crippen LogP contribution in [-0.4, -0.2) is 58.5 Å². The summed E-state index contributed by atoms with van der Waals surface area (Å²) in [5.74, 6) is 0.699. The average molecular weight is 337 g/mol. The summed E-state index contributed by atoms with van der Waals surface area (Å²) in [6.45, 7) is 5.62. The fourth-order valence-corrected chi connectivity index (χ4v) is 3.05. The van der Waals surface area contributed by atoms with Gasteiger partial charge in [0, 0.05) is 26.9 Å². The Balaban J connectivity index is 1.75. The molecule has 0 radical (unpaired) electrons. The normalized spacial score (nSPS) is 20.6. The molecule has 1 fully saturated rings. The predicted octanol–water partition coefficient (Wildman–Crippen LogP) is 1.67. The number of amides is 1. The van der Waals surface area contributed by atoms with Gasteiger partial charge in [-0.3, -0.25) is 4.79 Å². The summed E-state index contributed by atoms with van der Waals surface area (Å²) >= 11 is 0. The summed E-state index contributed by atoms with van der Waals surface area (Å²) in [4.78, 5) is 15.9. The van der Waals surface area contributed by atoms with Gasteiger partial charge in [0.2, 0.25) is 5.89 Å². The maximum absolute atomic E-state index is 13.9. The number of carbonyl (C=O) groups excluding carboxylic acids is 1. The van der Waals surface area contributed by atoms with Crippen LogP contribution in [0.5, 0.6) is 0 Å². The highest BCUT2D eigenvalue weighted by Gasteiger charge is 2.37. The van der Waals surface area contributed by atoms with E-state index in [1.807, 2.05) is 0 Å². The molecule has 0 bridgehead atoms. The Kier molecular flexibility index (Phi) is 4.25. The number of anilines is 1. The third kappa shape index (κ3) is 2.98. The number of halogens is 1. The highest BCUT2D eigenvalue weighted by molar-refractivity contribution is 5.96. The molecule has 3 rings (SSSR count). The van der Waals surface area contributed by atoms with Gasteiger partial charge in [-0.1, -0.05) is 10.3 Å². The monoisotopic (exact) mass is 337 g/mol. The molecule has 0 saturated carbocycles. The van der Waals surface area contributed by atoms with E-state index in [1.165, 1.54) is 0 Å². The Bertz CT molecular complexity index is 724. The minimum atomic E-state index is -0.996. The van der Waals surface area contributed by atoms with Crippen molar-refractivity contribution in [2.24, 2.45) is 0 Å². The molecule has 0 aliphatic carbocycles. The lowest BCUT2D eigenvalue weighted by Gasteiger charge is -2.27. The molecule has 24 heavy (non-hydrogen) atoms. The van der Waals surface area contributed by atoms with Gasteiger partial charge in [0.15, 0.2) is 0 Å². The van der Waals surface area contributed by atoms with Crippen LogP contribution in [0.4, 0.5) is 10.4 Å². The molecular weight excluding hydrogens is 317 g/mol. The molecule has 1 saturated heterocycles. The Morgan fingerprint density at radius 1 is 1.38 bits per heavy atom. The Morgan fingerprint density at radius 3 is 2.71 bits per heavy atom. The fourth-order valence-electron chi connectivity index (χ4n) is 3.05. The third-order valence-corrected chi connectivity index (χ3v) is 4.20. The van der Waals surface area contributed by atoms with Crippen molar-refractivity contribution in [3.63, 3.8) is 0 Å². The zero-order chi connectivity index (χ0) is 17.4. The predicted molar refractivity (Wildman–Crippen MR) is 82.6 cm³/mol. The fraction of sp³-hybridized carbons (Fsp3) is 0.600. The quantitative estimate of drug-likeness (QED) is 0.838. The third-order valence-electron chi connectivity index (χ3n) is 4.20. The molecule has 9 heteroatoms. The zero-order valence-electron chi connectivity index (χ0n) is 14.1. The van der Waals surface area contributed by atoms with E-state index in [9.17, 15) is 9.18 Å². The van der Waals surface area contributed by atoms with Gasteiger partial charge in [-0.25, -0.2) is 4.39 Å². The summed E-state index contributed by atoms with van der Waals surface area (Å²) in [6, 6.07) is 0.0603. The largest absolute Gasteiger partial charge is 0.408 e. The van der Waals surface area contributed by atoms with E-state index in [0.29, 0.717) is 35.9 Å². The second-order valence-corrected chi connectivity index (χ2v) is 6.13. The highest BCUT2D eigenvalue weighted by atomic mass is 19.1. The number of hydrogen-bond donors (Lipinski definition) is 0. The van der Waals surface area contributed by atoms with Crippen LogP contribution in [0.15, 0.2) is 8.94 Å². The van der Waals surface area contributed by atoms with E-state index in [1.54, 1.807) is 37.6 Å². The van der Waals surface area contributed by atoms with Crippen molar-refractivity contribution in [2.45, 2.75) is 39.4 Å². The van der Waals surface area contributed by atoms with E-state index in [4.69, 9.17) is 8.94 Å². The highest BCUT2D eigenvalue weighted by Crippen LogP contribution is 2.27. The average Bonchev–Trinajstić information content (AvgIpc) is 3.19. The lowest BCUT2D eigenvalue weighted by Crippen LogP contribution is -2.41. The Morgan fingerprint density at radius 2 is 2.12 bits per heavy atom.